The maximum Gasteiger partial charge on any atom is 0.328 e. The summed E-state index contributed by atoms with van der Waals surface area (Å²) in [5.41, 5.74) is 0.477. The number of ether oxygens (including phenoxy) is 1. The molecule has 0 saturated heterocycles. The number of benzene rings is 1. The fourth-order valence-electron chi connectivity index (χ4n) is 1.67. The van der Waals surface area contributed by atoms with Gasteiger partial charge in [0.15, 0.2) is 0 Å². The van der Waals surface area contributed by atoms with Crippen molar-refractivity contribution in [3.8, 4) is 12.3 Å². The number of halogens is 1. The van der Waals surface area contributed by atoms with Crippen molar-refractivity contribution in [1.82, 2.24) is 5.32 Å². The lowest BCUT2D eigenvalue weighted by atomic mass is 10.1. The molecule has 0 fully saturated rings. The number of rotatable bonds is 6. The highest BCUT2D eigenvalue weighted by atomic mass is 79.9. The summed E-state index contributed by atoms with van der Waals surface area (Å²) in [5, 5.41) is 2.67. The van der Waals surface area contributed by atoms with Crippen molar-refractivity contribution in [2.75, 3.05) is 7.11 Å². The number of carbonyl (C=O) groups is 2. The first-order valence-corrected chi connectivity index (χ1v) is 6.95. The van der Waals surface area contributed by atoms with Crippen molar-refractivity contribution >= 4 is 27.8 Å². The van der Waals surface area contributed by atoms with Crippen LogP contribution in [0.5, 0.6) is 0 Å². The molecular weight excluding hydrogens is 322 g/mol. The minimum atomic E-state index is -0.681. The SMILES string of the molecule is C#CCCC[C@H](NC(=O)c1cccc(Br)c1)C(=O)OC. The summed E-state index contributed by atoms with van der Waals surface area (Å²) in [6.07, 6.45) is 6.83. The van der Waals surface area contributed by atoms with Crippen LogP contribution in [0, 0.1) is 12.3 Å². The van der Waals surface area contributed by atoms with Gasteiger partial charge in [0.05, 0.1) is 7.11 Å². The lowest BCUT2D eigenvalue weighted by Crippen LogP contribution is -2.41. The van der Waals surface area contributed by atoms with E-state index < -0.39 is 12.0 Å². The second kappa shape index (κ2) is 8.39. The Balaban J connectivity index is 2.71. The van der Waals surface area contributed by atoms with E-state index >= 15 is 0 Å². The van der Waals surface area contributed by atoms with Gasteiger partial charge in [-0.15, -0.1) is 12.3 Å². The highest BCUT2D eigenvalue weighted by Crippen LogP contribution is 2.12. The molecule has 4 nitrogen and oxygen atoms in total. The summed E-state index contributed by atoms with van der Waals surface area (Å²) in [7, 11) is 1.29. The summed E-state index contributed by atoms with van der Waals surface area (Å²) in [6, 6.07) is 6.26. The highest BCUT2D eigenvalue weighted by molar-refractivity contribution is 9.10. The van der Waals surface area contributed by atoms with Gasteiger partial charge in [-0.25, -0.2) is 4.79 Å². The summed E-state index contributed by atoms with van der Waals surface area (Å²) in [4.78, 5) is 23.7. The summed E-state index contributed by atoms with van der Waals surface area (Å²) < 4.78 is 5.49. The molecule has 0 aliphatic heterocycles. The second-order valence-corrected chi connectivity index (χ2v) is 5.07. The van der Waals surface area contributed by atoms with E-state index in [4.69, 9.17) is 6.42 Å². The zero-order chi connectivity index (χ0) is 15.0. The molecule has 0 saturated carbocycles. The monoisotopic (exact) mass is 337 g/mol. The van der Waals surface area contributed by atoms with Crippen LogP contribution >= 0.6 is 15.9 Å². The van der Waals surface area contributed by atoms with E-state index in [9.17, 15) is 9.59 Å². The van der Waals surface area contributed by atoms with E-state index in [0.717, 1.165) is 4.47 Å². The quantitative estimate of drug-likeness (QED) is 0.493. The van der Waals surface area contributed by atoms with E-state index in [-0.39, 0.29) is 5.91 Å². The number of hydrogen-bond acceptors (Lipinski definition) is 3. The van der Waals surface area contributed by atoms with Crippen molar-refractivity contribution in [3.63, 3.8) is 0 Å². The Morgan fingerprint density at radius 3 is 2.85 bits per heavy atom. The number of nitrogens with one attached hydrogen (secondary N) is 1. The van der Waals surface area contributed by atoms with Gasteiger partial charge in [-0.1, -0.05) is 22.0 Å². The van der Waals surface area contributed by atoms with Crippen molar-refractivity contribution < 1.29 is 14.3 Å². The number of esters is 1. The third-order valence-corrected chi connectivity index (χ3v) is 3.18. The van der Waals surface area contributed by atoms with E-state index in [1.807, 2.05) is 6.07 Å². The Hall–Kier alpha value is -1.80. The largest absolute Gasteiger partial charge is 0.467 e. The Morgan fingerprint density at radius 1 is 1.50 bits per heavy atom. The van der Waals surface area contributed by atoms with Gasteiger partial charge in [0.25, 0.3) is 5.91 Å². The fourth-order valence-corrected chi connectivity index (χ4v) is 2.07. The molecule has 0 aliphatic carbocycles. The third kappa shape index (κ3) is 5.06. The summed E-state index contributed by atoms with van der Waals surface area (Å²) in [6.45, 7) is 0. The number of carbonyl (C=O) groups excluding carboxylic acids is 2. The smallest absolute Gasteiger partial charge is 0.328 e. The highest BCUT2D eigenvalue weighted by Gasteiger charge is 2.21. The van der Waals surface area contributed by atoms with E-state index in [1.165, 1.54) is 7.11 Å². The van der Waals surface area contributed by atoms with E-state index in [0.29, 0.717) is 24.8 Å². The van der Waals surface area contributed by atoms with Crippen LogP contribution in [-0.4, -0.2) is 25.0 Å². The lowest BCUT2D eigenvalue weighted by Gasteiger charge is -2.16. The standard InChI is InChI=1S/C15H16BrNO3/c1-3-4-5-9-13(15(19)20-2)17-14(18)11-7-6-8-12(16)10-11/h1,6-8,10,13H,4-5,9H2,2H3,(H,17,18)/t13-/m0/s1. The Morgan fingerprint density at radius 2 is 2.25 bits per heavy atom. The molecule has 0 radical (unpaired) electrons. The second-order valence-electron chi connectivity index (χ2n) is 4.16. The fraction of sp³-hybridized carbons (Fsp3) is 0.333. The molecule has 1 N–H and O–H groups in total. The topological polar surface area (TPSA) is 55.4 Å². The first-order valence-electron chi connectivity index (χ1n) is 6.16. The van der Waals surface area contributed by atoms with Crippen LogP contribution in [0.25, 0.3) is 0 Å². The van der Waals surface area contributed by atoms with Crippen LogP contribution in [-0.2, 0) is 9.53 Å². The Kier molecular flexibility index (Phi) is 6.82. The first-order chi connectivity index (χ1) is 9.58. The molecule has 1 aromatic carbocycles. The molecule has 1 rings (SSSR count). The predicted molar refractivity (Wildman–Crippen MR) is 80.1 cm³/mol. The molecule has 1 atom stereocenters. The zero-order valence-corrected chi connectivity index (χ0v) is 12.8. The maximum atomic E-state index is 12.1. The van der Waals surface area contributed by atoms with E-state index in [1.54, 1.807) is 18.2 Å². The van der Waals surface area contributed by atoms with Gasteiger partial charge in [-0.05, 0) is 31.0 Å². The minimum absolute atomic E-state index is 0.317. The molecule has 1 amide bonds. The molecule has 5 heteroatoms. The normalized spacial score (nSPS) is 11.2. The Bertz CT molecular complexity index is 522. The van der Waals surface area contributed by atoms with Crippen molar-refractivity contribution in [1.29, 1.82) is 0 Å². The molecule has 20 heavy (non-hydrogen) atoms. The number of terminal acetylenes is 1. The van der Waals surface area contributed by atoms with Crippen molar-refractivity contribution in [2.45, 2.75) is 25.3 Å². The lowest BCUT2D eigenvalue weighted by molar-refractivity contribution is -0.143. The van der Waals surface area contributed by atoms with Crippen LogP contribution in [0.3, 0.4) is 0 Å². The average molecular weight is 338 g/mol. The van der Waals surface area contributed by atoms with E-state index in [2.05, 4.69) is 31.9 Å². The number of methoxy groups -OCH3 is 1. The predicted octanol–water partition coefficient (Wildman–Crippen LogP) is 2.52. The molecule has 0 spiro atoms. The van der Waals surface area contributed by atoms with Gasteiger partial charge in [0.1, 0.15) is 6.04 Å². The molecule has 0 aromatic heterocycles. The molecular formula is C15H16BrNO3. The average Bonchev–Trinajstić information content (AvgIpc) is 2.45. The van der Waals surface area contributed by atoms with Gasteiger partial charge in [-0.3, -0.25) is 4.79 Å². The molecule has 0 heterocycles. The van der Waals surface area contributed by atoms with Gasteiger partial charge in [0.2, 0.25) is 0 Å². The molecule has 0 aliphatic rings. The summed E-state index contributed by atoms with van der Waals surface area (Å²) >= 11 is 3.30. The van der Waals surface area contributed by atoms with Crippen LogP contribution in [0.2, 0.25) is 0 Å². The van der Waals surface area contributed by atoms with Crippen LogP contribution in [0.1, 0.15) is 29.6 Å². The van der Waals surface area contributed by atoms with Crippen LogP contribution in [0.4, 0.5) is 0 Å². The first kappa shape index (κ1) is 16.3. The Labute approximate surface area is 127 Å². The number of amides is 1. The van der Waals surface area contributed by atoms with Crippen LogP contribution in [0.15, 0.2) is 28.7 Å². The molecule has 0 bridgehead atoms. The zero-order valence-electron chi connectivity index (χ0n) is 11.2. The minimum Gasteiger partial charge on any atom is -0.467 e. The maximum absolute atomic E-state index is 12.1. The summed E-state index contributed by atoms with van der Waals surface area (Å²) in [5.74, 6) is 1.72. The third-order valence-electron chi connectivity index (χ3n) is 2.69. The van der Waals surface area contributed by atoms with Crippen molar-refractivity contribution in [2.24, 2.45) is 0 Å². The van der Waals surface area contributed by atoms with Crippen LogP contribution < -0.4 is 5.32 Å². The van der Waals surface area contributed by atoms with Gasteiger partial charge in [0, 0.05) is 16.5 Å². The molecule has 1 aromatic rings. The van der Waals surface area contributed by atoms with Gasteiger partial charge >= 0.3 is 5.97 Å². The van der Waals surface area contributed by atoms with Crippen molar-refractivity contribution in [3.05, 3.63) is 34.3 Å². The van der Waals surface area contributed by atoms with Gasteiger partial charge in [-0.2, -0.15) is 0 Å². The number of unbranched alkanes of at least 4 members (excludes halogenated alkanes) is 1. The molecule has 106 valence electrons. The number of hydrogen-bond donors (Lipinski definition) is 1. The molecule has 0 unspecified atom stereocenters. The van der Waals surface area contributed by atoms with Gasteiger partial charge < -0.3 is 10.1 Å².